The van der Waals surface area contributed by atoms with Gasteiger partial charge in [-0.15, -0.1) is 11.3 Å². The zero-order valence-electron chi connectivity index (χ0n) is 14.8. The van der Waals surface area contributed by atoms with Crippen molar-refractivity contribution in [3.63, 3.8) is 0 Å². The molecule has 0 fully saturated rings. The molecular weight excluding hydrogens is 394 g/mol. The normalized spacial score (nSPS) is 10.8. The predicted molar refractivity (Wildman–Crippen MR) is 112 cm³/mol. The maximum Gasteiger partial charge on any atom is 0.339 e. The fourth-order valence-corrected chi connectivity index (χ4v) is 3.70. The summed E-state index contributed by atoms with van der Waals surface area (Å²) in [5.74, 6) is 0.161. The molecule has 0 aliphatic rings. The standard InChI is InChI=1S/C22H16ClNO3S/c23-17-7-2-4-9-20(17)26-11-12-27-22(25)16-14-19(21-10-5-13-28-21)24-18-8-3-1-6-15(16)18/h1-10,13-14H,11-12H2. The number of carbonyl (C=O) groups excluding carboxylic acids is 1. The minimum absolute atomic E-state index is 0.120. The molecule has 0 atom stereocenters. The first kappa shape index (κ1) is 18.5. The average Bonchev–Trinajstić information content (AvgIpc) is 3.26. The first-order chi connectivity index (χ1) is 13.7. The number of hydrogen-bond donors (Lipinski definition) is 0. The largest absolute Gasteiger partial charge is 0.488 e. The van der Waals surface area contributed by atoms with Crippen molar-refractivity contribution in [2.24, 2.45) is 0 Å². The van der Waals surface area contributed by atoms with Gasteiger partial charge in [-0.2, -0.15) is 0 Å². The smallest absolute Gasteiger partial charge is 0.339 e. The molecule has 0 aliphatic carbocycles. The van der Waals surface area contributed by atoms with Crippen molar-refractivity contribution >= 4 is 39.8 Å². The second-order valence-corrected chi connectivity index (χ2v) is 7.32. The number of halogens is 1. The van der Waals surface area contributed by atoms with Crippen LogP contribution < -0.4 is 4.74 Å². The lowest BCUT2D eigenvalue weighted by atomic mass is 10.1. The molecule has 0 saturated heterocycles. The molecule has 4 nitrogen and oxygen atoms in total. The van der Waals surface area contributed by atoms with E-state index in [2.05, 4.69) is 4.98 Å². The molecule has 4 aromatic rings. The van der Waals surface area contributed by atoms with Crippen molar-refractivity contribution in [3.8, 4) is 16.3 Å². The Morgan fingerprint density at radius 1 is 1.00 bits per heavy atom. The number of rotatable bonds is 6. The zero-order valence-corrected chi connectivity index (χ0v) is 16.4. The molecule has 6 heteroatoms. The van der Waals surface area contributed by atoms with Gasteiger partial charge in [-0.1, -0.05) is 48.0 Å². The van der Waals surface area contributed by atoms with E-state index in [-0.39, 0.29) is 13.2 Å². The molecule has 4 rings (SSSR count). The van der Waals surface area contributed by atoms with E-state index in [0.717, 1.165) is 21.5 Å². The van der Waals surface area contributed by atoms with Crippen molar-refractivity contribution in [2.45, 2.75) is 0 Å². The Morgan fingerprint density at radius 3 is 2.64 bits per heavy atom. The molecule has 0 unspecified atom stereocenters. The van der Waals surface area contributed by atoms with Gasteiger partial charge in [0.1, 0.15) is 19.0 Å². The van der Waals surface area contributed by atoms with E-state index in [4.69, 9.17) is 21.1 Å². The summed E-state index contributed by atoms with van der Waals surface area (Å²) in [7, 11) is 0. The summed E-state index contributed by atoms with van der Waals surface area (Å²) in [6, 6.07) is 20.5. The number of aromatic nitrogens is 1. The van der Waals surface area contributed by atoms with E-state index < -0.39 is 5.97 Å². The van der Waals surface area contributed by atoms with Crippen molar-refractivity contribution in [1.82, 2.24) is 4.98 Å². The summed E-state index contributed by atoms with van der Waals surface area (Å²) >= 11 is 7.63. The zero-order chi connectivity index (χ0) is 19.3. The van der Waals surface area contributed by atoms with E-state index in [9.17, 15) is 4.79 Å². The molecule has 0 saturated carbocycles. The SMILES string of the molecule is O=C(OCCOc1ccccc1Cl)c1cc(-c2cccs2)nc2ccccc12. The van der Waals surface area contributed by atoms with Gasteiger partial charge in [0.2, 0.25) is 0 Å². The molecule has 2 aromatic carbocycles. The van der Waals surface area contributed by atoms with Crippen LogP contribution in [0.4, 0.5) is 0 Å². The van der Waals surface area contributed by atoms with Crippen LogP contribution in [-0.4, -0.2) is 24.2 Å². The number of nitrogens with zero attached hydrogens (tertiary/aromatic N) is 1. The Hall–Kier alpha value is -2.89. The summed E-state index contributed by atoms with van der Waals surface area (Å²) in [6.45, 7) is 0.339. The number of pyridine rings is 1. The lowest BCUT2D eigenvalue weighted by Gasteiger charge is -2.11. The number of fused-ring (bicyclic) bond motifs is 1. The average molecular weight is 410 g/mol. The van der Waals surface area contributed by atoms with Gasteiger partial charge >= 0.3 is 5.97 Å². The second-order valence-electron chi connectivity index (χ2n) is 5.96. The number of thiophene rings is 1. The van der Waals surface area contributed by atoms with Gasteiger partial charge in [0, 0.05) is 5.39 Å². The van der Waals surface area contributed by atoms with Gasteiger partial charge in [-0.05, 0) is 35.7 Å². The molecule has 0 bridgehead atoms. The van der Waals surface area contributed by atoms with E-state index in [0.29, 0.717) is 16.3 Å². The van der Waals surface area contributed by atoms with Crippen LogP contribution in [0.1, 0.15) is 10.4 Å². The van der Waals surface area contributed by atoms with E-state index in [1.807, 2.05) is 53.9 Å². The van der Waals surface area contributed by atoms with E-state index >= 15 is 0 Å². The first-order valence-corrected chi connectivity index (χ1v) is 9.96. The number of para-hydroxylation sites is 2. The third kappa shape index (κ3) is 4.01. The highest BCUT2D eigenvalue weighted by atomic mass is 35.5. The fourth-order valence-electron chi connectivity index (χ4n) is 2.82. The minimum atomic E-state index is -0.404. The Labute approximate surface area is 171 Å². The highest BCUT2D eigenvalue weighted by Crippen LogP contribution is 2.28. The quantitative estimate of drug-likeness (QED) is 0.296. The molecule has 2 heterocycles. The lowest BCUT2D eigenvalue weighted by Crippen LogP contribution is -2.13. The van der Waals surface area contributed by atoms with Crippen molar-refractivity contribution < 1.29 is 14.3 Å². The van der Waals surface area contributed by atoms with Gasteiger partial charge < -0.3 is 9.47 Å². The van der Waals surface area contributed by atoms with Crippen LogP contribution >= 0.6 is 22.9 Å². The Bertz CT molecular complexity index is 1110. The molecule has 2 aromatic heterocycles. The molecule has 0 N–H and O–H groups in total. The van der Waals surface area contributed by atoms with Gasteiger partial charge in [-0.3, -0.25) is 0 Å². The third-order valence-corrected chi connectivity index (χ3v) is 5.33. The number of hydrogen-bond acceptors (Lipinski definition) is 5. The highest BCUT2D eigenvalue weighted by Gasteiger charge is 2.15. The van der Waals surface area contributed by atoms with Crippen LogP contribution in [0.2, 0.25) is 5.02 Å². The van der Waals surface area contributed by atoms with E-state index in [1.165, 1.54) is 0 Å². The molecule has 0 amide bonds. The lowest BCUT2D eigenvalue weighted by molar-refractivity contribution is 0.0453. The van der Waals surface area contributed by atoms with Crippen LogP contribution in [0.15, 0.2) is 72.1 Å². The maximum atomic E-state index is 12.7. The van der Waals surface area contributed by atoms with Gasteiger partial charge in [0.05, 0.1) is 26.7 Å². The predicted octanol–water partition coefficient (Wildman–Crippen LogP) is 5.85. The second kappa shape index (κ2) is 8.42. The van der Waals surface area contributed by atoms with E-state index in [1.54, 1.807) is 29.5 Å². The van der Waals surface area contributed by atoms with Crippen molar-refractivity contribution in [2.75, 3.05) is 13.2 Å². The van der Waals surface area contributed by atoms with Gasteiger partial charge in [-0.25, -0.2) is 9.78 Å². The third-order valence-electron chi connectivity index (χ3n) is 4.12. The van der Waals surface area contributed by atoms with Crippen molar-refractivity contribution in [3.05, 3.63) is 82.7 Å². The van der Waals surface area contributed by atoms with Gasteiger partial charge in [0.15, 0.2) is 0 Å². The molecule has 140 valence electrons. The Balaban J connectivity index is 1.51. The number of esters is 1. The number of benzene rings is 2. The van der Waals surface area contributed by atoms with Crippen LogP contribution in [0, 0.1) is 0 Å². The van der Waals surface area contributed by atoms with Gasteiger partial charge in [0.25, 0.3) is 0 Å². The fraction of sp³-hybridized carbons (Fsp3) is 0.0909. The molecular formula is C22H16ClNO3S. The summed E-state index contributed by atoms with van der Waals surface area (Å²) in [6.07, 6.45) is 0. The van der Waals surface area contributed by atoms with Crippen molar-refractivity contribution in [1.29, 1.82) is 0 Å². The first-order valence-electron chi connectivity index (χ1n) is 8.70. The topological polar surface area (TPSA) is 48.4 Å². The number of ether oxygens (including phenoxy) is 2. The monoisotopic (exact) mass is 409 g/mol. The van der Waals surface area contributed by atoms with Crippen LogP contribution in [0.5, 0.6) is 5.75 Å². The number of carbonyl (C=O) groups is 1. The highest BCUT2D eigenvalue weighted by molar-refractivity contribution is 7.13. The molecule has 0 radical (unpaired) electrons. The minimum Gasteiger partial charge on any atom is -0.488 e. The Kier molecular flexibility index (Phi) is 5.55. The molecule has 0 aliphatic heterocycles. The molecule has 0 spiro atoms. The maximum absolute atomic E-state index is 12.7. The van der Waals surface area contributed by atoms with Crippen LogP contribution in [-0.2, 0) is 4.74 Å². The Morgan fingerprint density at radius 2 is 1.82 bits per heavy atom. The summed E-state index contributed by atoms with van der Waals surface area (Å²) < 4.78 is 11.0. The summed E-state index contributed by atoms with van der Waals surface area (Å²) in [5, 5.41) is 3.27. The summed E-state index contributed by atoms with van der Waals surface area (Å²) in [5.41, 5.74) is 2.01. The summed E-state index contributed by atoms with van der Waals surface area (Å²) in [4.78, 5) is 18.4. The van der Waals surface area contributed by atoms with Crippen LogP contribution in [0.25, 0.3) is 21.5 Å². The van der Waals surface area contributed by atoms with Crippen LogP contribution in [0.3, 0.4) is 0 Å². The molecule has 28 heavy (non-hydrogen) atoms.